The molecule has 3 atom stereocenters. The Kier molecular flexibility index (Phi) is 8.71. The molecule has 0 aliphatic heterocycles. The van der Waals surface area contributed by atoms with E-state index in [9.17, 15) is 23.4 Å². The number of imidazole rings is 1. The lowest BCUT2D eigenvalue weighted by molar-refractivity contribution is -0.0500. The number of nitrogens with zero attached hydrogens (tertiary/aromatic N) is 4. The molecule has 0 spiro atoms. The number of carbonyl (C=O) groups excluding carboxylic acids is 1. The number of aromatic nitrogens is 3. The van der Waals surface area contributed by atoms with Crippen molar-refractivity contribution in [3.63, 3.8) is 0 Å². The van der Waals surface area contributed by atoms with Crippen molar-refractivity contribution in [1.82, 2.24) is 24.6 Å². The second-order valence-electron chi connectivity index (χ2n) is 11.5. The van der Waals surface area contributed by atoms with Crippen LogP contribution in [-0.4, -0.2) is 41.5 Å². The largest absolute Gasteiger partial charge is 0.598 e. The maximum atomic E-state index is 13.9. The average molecular weight is 539 g/mol. The Labute approximate surface area is 219 Å². The zero-order valence-corrected chi connectivity index (χ0v) is 23.0. The summed E-state index contributed by atoms with van der Waals surface area (Å²) in [5, 5.41) is 16.6. The molecular formula is C25H36F2N6O3S. The maximum Gasteiger partial charge on any atom is 0.408 e. The van der Waals surface area contributed by atoms with Crippen molar-refractivity contribution < 1.29 is 22.9 Å². The van der Waals surface area contributed by atoms with Crippen LogP contribution in [0.2, 0.25) is 0 Å². The molecule has 1 aliphatic carbocycles. The first-order chi connectivity index (χ1) is 17.1. The molecule has 1 aliphatic rings. The summed E-state index contributed by atoms with van der Waals surface area (Å²) in [4.78, 5) is 17.3. The molecule has 0 saturated heterocycles. The van der Waals surface area contributed by atoms with Crippen LogP contribution < -0.4 is 10.0 Å². The monoisotopic (exact) mass is 538 g/mol. The van der Waals surface area contributed by atoms with Crippen molar-refractivity contribution in [3.8, 4) is 6.07 Å². The van der Waals surface area contributed by atoms with Gasteiger partial charge < -0.3 is 14.6 Å². The normalized spacial score (nSPS) is 19.1. The van der Waals surface area contributed by atoms with Crippen LogP contribution in [0.1, 0.15) is 97.0 Å². The minimum atomic E-state index is -2.71. The third-order valence-corrected chi connectivity index (χ3v) is 7.70. The Hall–Kier alpha value is -2.49. The Morgan fingerprint density at radius 2 is 1.97 bits per heavy atom. The Balaban J connectivity index is 1.91. The van der Waals surface area contributed by atoms with E-state index in [4.69, 9.17) is 4.74 Å². The van der Waals surface area contributed by atoms with E-state index in [1.54, 1.807) is 39.2 Å². The van der Waals surface area contributed by atoms with E-state index >= 15 is 0 Å². The molecule has 3 rings (SSSR count). The molecule has 2 heterocycles. The van der Waals surface area contributed by atoms with Crippen molar-refractivity contribution >= 4 is 23.1 Å². The van der Waals surface area contributed by atoms with Gasteiger partial charge in [0.15, 0.2) is 5.65 Å². The summed E-state index contributed by atoms with van der Waals surface area (Å²) >= 11 is -1.41. The molecule has 1 saturated carbocycles. The van der Waals surface area contributed by atoms with E-state index in [-0.39, 0.29) is 38.0 Å². The zero-order valence-electron chi connectivity index (χ0n) is 22.2. The van der Waals surface area contributed by atoms with Crippen LogP contribution in [0.3, 0.4) is 0 Å². The lowest BCUT2D eigenvalue weighted by Crippen LogP contribution is -2.41. The predicted molar refractivity (Wildman–Crippen MR) is 136 cm³/mol. The third kappa shape index (κ3) is 7.99. The van der Waals surface area contributed by atoms with Crippen LogP contribution in [0.4, 0.5) is 13.6 Å². The molecule has 0 aromatic carbocycles. The number of carbonyl (C=O) groups is 1. The Morgan fingerprint density at radius 3 is 2.54 bits per heavy atom. The zero-order chi connectivity index (χ0) is 27.6. The molecule has 0 unspecified atom stereocenters. The van der Waals surface area contributed by atoms with Gasteiger partial charge in [0.1, 0.15) is 10.3 Å². The standard InChI is InChI=1S/C25H36F2N6O3S/c1-23(2,3)36-22(34)31-21(16-7-10-25(26,27)11-8-16)19-15-33-20(30-19)13-17(14-29-33)18(9-12-28)32-37(35)24(4,5)6/h13-16,18,21,32H,7-11H2,1-6H3,(H,31,34)/t18-,21-,37+/m0/s1. The fourth-order valence-electron chi connectivity index (χ4n) is 4.14. The number of amides is 1. The SMILES string of the molecule is CC(C)(C)OC(=O)N[C@H](c1cn2ncc([C@H](CC#N)N[S@+]([O-])C(C)(C)C)cc2n1)C1CCC(F)(F)CC1. The number of nitrogens with one attached hydrogen (secondary N) is 2. The highest BCUT2D eigenvalue weighted by Gasteiger charge is 2.40. The van der Waals surface area contributed by atoms with Crippen molar-refractivity contribution in [2.45, 2.75) is 102 Å². The molecule has 2 aromatic heterocycles. The van der Waals surface area contributed by atoms with Gasteiger partial charge in [-0.3, -0.25) is 0 Å². The van der Waals surface area contributed by atoms with Gasteiger partial charge >= 0.3 is 6.09 Å². The van der Waals surface area contributed by atoms with E-state index in [2.05, 4.69) is 26.2 Å². The summed E-state index contributed by atoms with van der Waals surface area (Å²) in [7, 11) is 0. The number of hydrogen-bond acceptors (Lipinski definition) is 7. The van der Waals surface area contributed by atoms with Crippen molar-refractivity contribution in [1.29, 1.82) is 5.26 Å². The number of hydrogen-bond donors (Lipinski definition) is 2. The van der Waals surface area contributed by atoms with E-state index in [1.165, 1.54) is 4.52 Å². The molecular weight excluding hydrogens is 502 g/mol. The van der Waals surface area contributed by atoms with Gasteiger partial charge in [-0.25, -0.2) is 23.1 Å². The summed E-state index contributed by atoms with van der Waals surface area (Å²) in [6.45, 7) is 10.7. The maximum absolute atomic E-state index is 13.9. The van der Waals surface area contributed by atoms with E-state index < -0.39 is 45.8 Å². The minimum Gasteiger partial charge on any atom is -0.598 e. The first-order valence-electron chi connectivity index (χ1n) is 12.4. The molecule has 9 nitrogen and oxygen atoms in total. The lowest BCUT2D eigenvalue weighted by Gasteiger charge is -2.33. The highest BCUT2D eigenvalue weighted by molar-refractivity contribution is 7.90. The number of halogens is 2. The molecule has 1 fully saturated rings. The van der Waals surface area contributed by atoms with Gasteiger partial charge in [-0.15, -0.1) is 4.72 Å². The Bertz CT molecular complexity index is 1130. The summed E-state index contributed by atoms with van der Waals surface area (Å²) in [5.41, 5.74) is 0.849. The van der Waals surface area contributed by atoms with Gasteiger partial charge in [0.2, 0.25) is 5.92 Å². The van der Waals surface area contributed by atoms with Gasteiger partial charge in [0, 0.05) is 24.2 Å². The first kappa shape index (κ1) is 29.1. The number of nitriles is 1. The second-order valence-corrected chi connectivity index (χ2v) is 13.5. The predicted octanol–water partition coefficient (Wildman–Crippen LogP) is 5.13. The molecule has 2 N–H and O–H groups in total. The Morgan fingerprint density at radius 1 is 1.32 bits per heavy atom. The molecule has 12 heteroatoms. The lowest BCUT2D eigenvalue weighted by atomic mass is 9.81. The van der Waals surface area contributed by atoms with Crippen molar-refractivity contribution in [2.24, 2.45) is 5.92 Å². The quantitative estimate of drug-likeness (QED) is 0.468. The van der Waals surface area contributed by atoms with E-state index in [0.29, 0.717) is 16.9 Å². The van der Waals surface area contributed by atoms with E-state index in [0.717, 1.165) is 0 Å². The highest BCUT2D eigenvalue weighted by Crippen LogP contribution is 2.41. The topological polar surface area (TPSA) is 127 Å². The van der Waals surface area contributed by atoms with Crippen LogP contribution in [0.5, 0.6) is 0 Å². The molecule has 204 valence electrons. The number of alkyl carbamates (subject to hydrolysis) is 1. The molecule has 1 amide bonds. The van der Waals surface area contributed by atoms with Crippen LogP contribution in [-0.2, 0) is 16.1 Å². The number of fused-ring (bicyclic) bond motifs is 1. The van der Waals surface area contributed by atoms with Crippen molar-refractivity contribution in [3.05, 3.63) is 29.7 Å². The van der Waals surface area contributed by atoms with Crippen LogP contribution in [0.15, 0.2) is 18.5 Å². The average Bonchev–Trinajstić information content (AvgIpc) is 3.18. The fourth-order valence-corrected chi connectivity index (χ4v) is 4.97. The summed E-state index contributed by atoms with van der Waals surface area (Å²) < 4.78 is 49.8. The summed E-state index contributed by atoms with van der Waals surface area (Å²) in [6, 6.07) is 2.68. The smallest absolute Gasteiger partial charge is 0.408 e. The summed E-state index contributed by atoms with van der Waals surface area (Å²) in [5.74, 6) is -2.96. The van der Waals surface area contributed by atoms with Gasteiger partial charge in [-0.05, 0) is 71.9 Å². The van der Waals surface area contributed by atoms with Gasteiger partial charge in [-0.2, -0.15) is 10.4 Å². The van der Waals surface area contributed by atoms with Crippen LogP contribution in [0, 0.1) is 17.2 Å². The van der Waals surface area contributed by atoms with Crippen LogP contribution >= 0.6 is 0 Å². The first-order valence-corrected chi connectivity index (χ1v) is 13.5. The minimum absolute atomic E-state index is 0.0757. The number of alkyl halides is 2. The van der Waals surface area contributed by atoms with Crippen molar-refractivity contribution in [2.75, 3.05) is 0 Å². The second kappa shape index (κ2) is 11.1. The van der Waals surface area contributed by atoms with Gasteiger partial charge in [0.25, 0.3) is 0 Å². The fraction of sp³-hybridized carbons (Fsp3) is 0.680. The number of rotatable bonds is 7. The molecule has 37 heavy (non-hydrogen) atoms. The number of ether oxygens (including phenoxy) is 1. The molecule has 0 bridgehead atoms. The summed E-state index contributed by atoms with van der Waals surface area (Å²) in [6.07, 6.45) is 2.60. The third-order valence-electron chi connectivity index (χ3n) is 6.09. The van der Waals surface area contributed by atoms with Gasteiger partial charge in [0.05, 0.1) is 42.7 Å². The highest BCUT2D eigenvalue weighted by atomic mass is 32.2. The van der Waals surface area contributed by atoms with Gasteiger partial charge in [-0.1, -0.05) is 0 Å². The van der Waals surface area contributed by atoms with E-state index in [1.807, 2.05) is 20.8 Å². The molecule has 0 radical (unpaired) electrons. The molecule has 2 aromatic rings. The van der Waals surface area contributed by atoms with Crippen LogP contribution in [0.25, 0.3) is 5.65 Å².